The van der Waals surface area contributed by atoms with Crippen molar-refractivity contribution in [2.45, 2.75) is 45.6 Å². The second-order valence-electron chi connectivity index (χ2n) is 4.68. The Morgan fingerprint density at radius 3 is 2.43 bits per heavy atom. The summed E-state index contributed by atoms with van der Waals surface area (Å²) in [5.41, 5.74) is -0.649. The lowest BCUT2D eigenvalue weighted by Gasteiger charge is -2.30. The van der Waals surface area contributed by atoms with Gasteiger partial charge >= 0.3 is 5.97 Å². The Morgan fingerprint density at radius 2 is 2.14 bits per heavy atom. The maximum absolute atomic E-state index is 11.3. The second kappa shape index (κ2) is 4.30. The van der Waals surface area contributed by atoms with Gasteiger partial charge in [-0.1, -0.05) is 20.8 Å². The third-order valence-electron chi connectivity index (χ3n) is 3.04. The second-order valence-corrected chi connectivity index (χ2v) is 4.68. The van der Waals surface area contributed by atoms with Crippen molar-refractivity contribution in [1.82, 2.24) is 5.32 Å². The topological polar surface area (TPSA) is 49.3 Å². The standard InChI is InChI=1S/C11H21NO2/c1-4-11(10(13)14,9-5-6-9)12-7-8(2)3/h8-9,12H,4-7H2,1-3H3,(H,13,14). The average molecular weight is 199 g/mol. The smallest absolute Gasteiger partial charge is 0.324 e. The minimum Gasteiger partial charge on any atom is -0.480 e. The fourth-order valence-corrected chi connectivity index (χ4v) is 1.92. The van der Waals surface area contributed by atoms with E-state index in [0.29, 0.717) is 18.3 Å². The fraction of sp³-hybridized carbons (Fsp3) is 0.909. The molecule has 0 amide bonds. The van der Waals surface area contributed by atoms with Gasteiger partial charge in [-0.15, -0.1) is 0 Å². The Morgan fingerprint density at radius 1 is 1.57 bits per heavy atom. The van der Waals surface area contributed by atoms with E-state index in [4.69, 9.17) is 0 Å². The van der Waals surface area contributed by atoms with Crippen LogP contribution >= 0.6 is 0 Å². The first-order chi connectivity index (χ1) is 6.53. The molecule has 0 bridgehead atoms. The number of carboxylic acids is 1. The highest BCUT2D eigenvalue weighted by atomic mass is 16.4. The Balaban J connectivity index is 2.63. The largest absolute Gasteiger partial charge is 0.480 e. The fourth-order valence-electron chi connectivity index (χ4n) is 1.92. The molecule has 0 saturated heterocycles. The summed E-state index contributed by atoms with van der Waals surface area (Å²) in [6.45, 7) is 6.95. The molecule has 1 atom stereocenters. The summed E-state index contributed by atoms with van der Waals surface area (Å²) in [7, 11) is 0. The molecule has 1 unspecified atom stereocenters. The van der Waals surface area contributed by atoms with Gasteiger partial charge in [0.1, 0.15) is 5.54 Å². The van der Waals surface area contributed by atoms with Gasteiger partial charge in [-0.2, -0.15) is 0 Å². The Kier molecular flexibility index (Phi) is 3.53. The summed E-state index contributed by atoms with van der Waals surface area (Å²) < 4.78 is 0. The normalized spacial score (nSPS) is 20.9. The van der Waals surface area contributed by atoms with Gasteiger partial charge in [0.2, 0.25) is 0 Å². The monoisotopic (exact) mass is 199 g/mol. The van der Waals surface area contributed by atoms with Crippen molar-refractivity contribution >= 4 is 5.97 Å². The molecule has 14 heavy (non-hydrogen) atoms. The van der Waals surface area contributed by atoms with Crippen LogP contribution in [-0.2, 0) is 4.79 Å². The van der Waals surface area contributed by atoms with Gasteiger partial charge in [-0.25, -0.2) is 0 Å². The molecule has 3 nitrogen and oxygen atoms in total. The van der Waals surface area contributed by atoms with Gasteiger partial charge in [-0.3, -0.25) is 4.79 Å². The summed E-state index contributed by atoms with van der Waals surface area (Å²) in [6.07, 6.45) is 2.80. The van der Waals surface area contributed by atoms with E-state index in [2.05, 4.69) is 19.2 Å². The third kappa shape index (κ3) is 2.27. The summed E-state index contributed by atoms with van der Waals surface area (Å²) in [4.78, 5) is 11.3. The zero-order valence-corrected chi connectivity index (χ0v) is 9.34. The number of rotatable bonds is 6. The van der Waals surface area contributed by atoms with Crippen LogP contribution in [0.3, 0.4) is 0 Å². The van der Waals surface area contributed by atoms with Crippen molar-refractivity contribution in [2.75, 3.05) is 6.54 Å². The number of hydrogen-bond acceptors (Lipinski definition) is 2. The van der Waals surface area contributed by atoms with E-state index < -0.39 is 11.5 Å². The van der Waals surface area contributed by atoms with Gasteiger partial charge < -0.3 is 10.4 Å². The van der Waals surface area contributed by atoms with Crippen LogP contribution in [0.5, 0.6) is 0 Å². The molecule has 0 aromatic carbocycles. The predicted molar refractivity (Wildman–Crippen MR) is 56.2 cm³/mol. The Bertz CT molecular complexity index is 211. The van der Waals surface area contributed by atoms with Crippen LogP contribution in [0.2, 0.25) is 0 Å². The van der Waals surface area contributed by atoms with Gasteiger partial charge in [0, 0.05) is 0 Å². The highest BCUT2D eigenvalue weighted by Gasteiger charge is 2.49. The van der Waals surface area contributed by atoms with Crippen molar-refractivity contribution in [2.24, 2.45) is 11.8 Å². The van der Waals surface area contributed by atoms with Crippen molar-refractivity contribution in [3.05, 3.63) is 0 Å². The Hall–Kier alpha value is -0.570. The quantitative estimate of drug-likeness (QED) is 0.686. The van der Waals surface area contributed by atoms with E-state index in [9.17, 15) is 9.90 Å². The van der Waals surface area contributed by atoms with E-state index in [1.807, 2.05) is 6.92 Å². The molecule has 3 heteroatoms. The molecule has 1 rings (SSSR count). The molecule has 2 N–H and O–H groups in total. The van der Waals surface area contributed by atoms with E-state index in [1.165, 1.54) is 0 Å². The van der Waals surface area contributed by atoms with Crippen LogP contribution in [0.4, 0.5) is 0 Å². The van der Waals surface area contributed by atoms with Gasteiger partial charge in [0.05, 0.1) is 0 Å². The zero-order valence-electron chi connectivity index (χ0n) is 9.34. The minimum atomic E-state index is -0.678. The molecular formula is C11H21NO2. The molecule has 1 saturated carbocycles. The lowest BCUT2D eigenvalue weighted by atomic mass is 9.89. The SMILES string of the molecule is CCC(NCC(C)C)(C(=O)O)C1CC1. The number of carboxylic acid groups (broad SMARTS) is 1. The van der Waals surface area contributed by atoms with Crippen molar-refractivity contribution in [3.8, 4) is 0 Å². The van der Waals surface area contributed by atoms with Gasteiger partial charge in [0.25, 0.3) is 0 Å². The first-order valence-corrected chi connectivity index (χ1v) is 5.51. The van der Waals surface area contributed by atoms with Crippen molar-refractivity contribution in [1.29, 1.82) is 0 Å². The highest BCUT2D eigenvalue weighted by molar-refractivity contribution is 5.79. The molecular weight excluding hydrogens is 178 g/mol. The Labute approximate surface area is 85.9 Å². The van der Waals surface area contributed by atoms with Crippen LogP contribution < -0.4 is 5.32 Å². The maximum Gasteiger partial charge on any atom is 0.324 e. The molecule has 82 valence electrons. The molecule has 1 aliphatic carbocycles. The molecule has 1 aliphatic rings. The van der Waals surface area contributed by atoms with Crippen LogP contribution in [0.15, 0.2) is 0 Å². The average Bonchev–Trinajstić information content (AvgIpc) is 2.89. The van der Waals surface area contributed by atoms with E-state index in [1.54, 1.807) is 0 Å². The first-order valence-electron chi connectivity index (χ1n) is 5.51. The molecule has 1 fully saturated rings. The van der Waals surface area contributed by atoms with Gasteiger partial charge in [-0.05, 0) is 37.6 Å². The molecule has 0 aromatic heterocycles. The number of hydrogen-bond donors (Lipinski definition) is 2. The summed E-state index contributed by atoms with van der Waals surface area (Å²) in [6, 6.07) is 0. The lowest BCUT2D eigenvalue weighted by molar-refractivity contribution is -0.146. The molecule has 0 radical (unpaired) electrons. The van der Waals surface area contributed by atoms with Crippen molar-refractivity contribution < 1.29 is 9.90 Å². The highest BCUT2D eigenvalue weighted by Crippen LogP contribution is 2.41. The van der Waals surface area contributed by atoms with E-state index in [-0.39, 0.29) is 0 Å². The molecule has 0 heterocycles. The summed E-state index contributed by atoms with van der Waals surface area (Å²) in [5, 5.41) is 12.5. The molecule has 0 aliphatic heterocycles. The minimum absolute atomic E-state index is 0.351. The summed E-state index contributed by atoms with van der Waals surface area (Å²) >= 11 is 0. The number of aliphatic carboxylic acids is 1. The molecule has 0 spiro atoms. The predicted octanol–water partition coefficient (Wildman–Crippen LogP) is 1.88. The number of carbonyl (C=O) groups is 1. The zero-order chi connectivity index (χ0) is 10.8. The van der Waals surface area contributed by atoms with Crippen molar-refractivity contribution in [3.63, 3.8) is 0 Å². The number of nitrogens with one attached hydrogen (secondary N) is 1. The first kappa shape index (κ1) is 11.5. The van der Waals surface area contributed by atoms with Crippen LogP contribution in [0, 0.1) is 11.8 Å². The maximum atomic E-state index is 11.3. The van der Waals surface area contributed by atoms with Crippen LogP contribution in [0.1, 0.15) is 40.0 Å². The van der Waals surface area contributed by atoms with Crippen LogP contribution in [-0.4, -0.2) is 23.2 Å². The third-order valence-corrected chi connectivity index (χ3v) is 3.04. The molecule has 0 aromatic rings. The van der Waals surface area contributed by atoms with Crippen LogP contribution in [0.25, 0.3) is 0 Å². The lowest BCUT2D eigenvalue weighted by Crippen LogP contribution is -2.54. The van der Waals surface area contributed by atoms with E-state index in [0.717, 1.165) is 19.4 Å². The summed E-state index contributed by atoms with van der Waals surface area (Å²) in [5.74, 6) is 0.172. The van der Waals surface area contributed by atoms with E-state index >= 15 is 0 Å². The van der Waals surface area contributed by atoms with Gasteiger partial charge in [0.15, 0.2) is 0 Å².